The monoisotopic (exact) mass is 287 g/mol. The fourth-order valence-corrected chi connectivity index (χ4v) is 2.32. The maximum absolute atomic E-state index is 11.4. The van der Waals surface area contributed by atoms with E-state index in [1.165, 1.54) is 11.8 Å². The smallest absolute Gasteiger partial charge is 0.175 e. The number of sulfone groups is 1. The van der Waals surface area contributed by atoms with Crippen molar-refractivity contribution in [2.24, 2.45) is 0 Å². The van der Waals surface area contributed by atoms with E-state index in [1.54, 1.807) is 12.1 Å². The summed E-state index contributed by atoms with van der Waals surface area (Å²) >= 11 is 5.49. The molecule has 5 heteroatoms. The summed E-state index contributed by atoms with van der Waals surface area (Å²) in [4.78, 5) is 2.47. The quantitative estimate of drug-likeness (QED) is 0.836. The van der Waals surface area contributed by atoms with Gasteiger partial charge < -0.3 is 0 Å². The number of hydrogen-bond donors (Lipinski definition) is 0. The van der Waals surface area contributed by atoms with Crippen LogP contribution >= 0.6 is 11.6 Å². The van der Waals surface area contributed by atoms with Gasteiger partial charge in [-0.15, -0.1) is 0 Å². The van der Waals surface area contributed by atoms with Crippen LogP contribution in [0.5, 0.6) is 0 Å². The van der Waals surface area contributed by atoms with Gasteiger partial charge in [0.25, 0.3) is 0 Å². The molecule has 0 spiro atoms. The van der Waals surface area contributed by atoms with Gasteiger partial charge in [-0.3, -0.25) is 4.90 Å². The summed E-state index contributed by atoms with van der Waals surface area (Å²) in [5.41, 5.74) is 2.57. The Bertz CT molecular complexity index is 508. The zero-order valence-corrected chi connectivity index (χ0v) is 12.4. The molecule has 0 saturated heterocycles. The summed E-state index contributed by atoms with van der Waals surface area (Å²) in [7, 11) is -1.13. The first kappa shape index (κ1) is 15.2. The molecule has 0 aromatic heterocycles. The van der Waals surface area contributed by atoms with Gasteiger partial charge in [-0.1, -0.05) is 29.8 Å². The van der Waals surface area contributed by atoms with E-state index in [1.807, 2.05) is 25.3 Å². The van der Waals surface area contributed by atoms with Crippen LogP contribution in [0.4, 0.5) is 0 Å². The Labute approximate surface area is 114 Å². The minimum Gasteiger partial charge on any atom is -0.296 e. The molecule has 0 saturated carbocycles. The van der Waals surface area contributed by atoms with E-state index in [4.69, 9.17) is 11.6 Å². The van der Waals surface area contributed by atoms with Crippen LogP contribution in [-0.4, -0.2) is 33.2 Å². The lowest BCUT2D eigenvalue weighted by Crippen LogP contribution is -2.22. The Morgan fingerprint density at radius 2 is 1.89 bits per heavy atom. The van der Waals surface area contributed by atoms with Crippen molar-refractivity contribution in [3.63, 3.8) is 0 Å². The molecule has 3 nitrogen and oxygen atoms in total. The van der Waals surface area contributed by atoms with E-state index < -0.39 is 9.84 Å². The van der Waals surface area contributed by atoms with Crippen LogP contribution in [0.1, 0.15) is 18.5 Å². The predicted molar refractivity (Wildman–Crippen MR) is 75.6 cm³/mol. The minimum absolute atomic E-state index is 0.200. The summed E-state index contributed by atoms with van der Waals surface area (Å²) in [6.45, 7) is 2.82. The second-order valence-corrected chi connectivity index (χ2v) is 6.59. The summed E-state index contributed by atoms with van der Waals surface area (Å²) in [5.74, 6) is 0. The van der Waals surface area contributed by atoms with E-state index in [0.29, 0.717) is 4.90 Å². The average Bonchev–Trinajstić information content (AvgIpc) is 2.34. The summed E-state index contributed by atoms with van der Waals surface area (Å²) in [6, 6.07) is 7.19. The van der Waals surface area contributed by atoms with Crippen molar-refractivity contribution in [3.8, 4) is 0 Å². The van der Waals surface area contributed by atoms with Gasteiger partial charge in [0.1, 0.15) is 0 Å². The van der Waals surface area contributed by atoms with Gasteiger partial charge in [0.2, 0.25) is 0 Å². The third kappa shape index (κ3) is 4.12. The molecule has 0 bridgehead atoms. The normalized spacial score (nSPS) is 14.3. The molecule has 0 radical (unpaired) electrons. The largest absolute Gasteiger partial charge is 0.296 e. The van der Waals surface area contributed by atoms with Crippen molar-refractivity contribution in [2.45, 2.75) is 17.9 Å². The molecule has 1 rings (SSSR count). The van der Waals surface area contributed by atoms with Crippen molar-refractivity contribution in [3.05, 3.63) is 41.4 Å². The van der Waals surface area contributed by atoms with Crippen molar-refractivity contribution in [2.75, 3.05) is 19.8 Å². The first-order valence-electron chi connectivity index (χ1n) is 5.61. The number of rotatable bonds is 5. The van der Waals surface area contributed by atoms with Gasteiger partial charge in [-0.05, 0) is 31.7 Å². The molecule has 0 aliphatic carbocycles. The van der Waals surface area contributed by atoms with Crippen molar-refractivity contribution in [1.82, 2.24) is 4.90 Å². The van der Waals surface area contributed by atoms with E-state index in [-0.39, 0.29) is 6.04 Å². The predicted octanol–water partition coefficient (Wildman–Crippen LogP) is 2.84. The minimum atomic E-state index is -3.12. The molecule has 18 heavy (non-hydrogen) atoms. The fraction of sp³-hybridized carbons (Fsp3) is 0.385. The molecular weight excluding hydrogens is 270 g/mol. The van der Waals surface area contributed by atoms with Gasteiger partial charge in [-0.25, -0.2) is 8.42 Å². The van der Waals surface area contributed by atoms with E-state index in [0.717, 1.165) is 12.1 Å². The highest BCUT2D eigenvalue weighted by Crippen LogP contribution is 2.20. The lowest BCUT2D eigenvalue weighted by Gasteiger charge is -2.23. The first-order valence-corrected chi connectivity index (χ1v) is 7.94. The lowest BCUT2D eigenvalue weighted by atomic mass is 10.1. The van der Waals surface area contributed by atoms with Crippen molar-refractivity contribution in [1.29, 1.82) is 0 Å². The van der Waals surface area contributed by atoms with Crippen molar-refractivity contribution < 1.29 is 8.42 Å². The number of benzene rings is 1. The zero-order valence-electron chi connectivity index (χ0n) is 10.8. The standard InChI is InChI=1S/C13H18ClNO2S/c1-11(15(2)10-4-9-14)12-5-7-13(8-6-12)18(3,16)17/h4-9,11H,10H2,1-3H3/b9-4+. The molecule has 1 aromatic carbocycles. The molecule has 100 valence electrons. The Kier molecular flexibility index (Phi) is 5.38. The van der Waals surface area contributed by atoms with E-state index in [9.17, 15) is 8.42 Å². The highest BCUT2D eigenvalue weighted by molar-refractivity contribution is 7.90. The molecule has 1 aromatic rings. The van der Waals surface area contributed by atoms with Crippen molar-refractivity contribution >= 4 is 21.4 Å². The second-order valence-electron chi connectivity index (χ2n) is 4.32. The molecule has 1 unspecified atom stereocenters. The molecule has 0 fully saturated rings. The summed E-state index contributed by atoms with van der Waals surface area (Å²) in [6.07, 6.45) is 3.08. The lowest BCUT2D eigenvalue weighted by molar-refractivity contribution is 0.290. The van der Waals surface area contributed by atoms with Crippen LogP contribution < -0.4 is 0 Å². The summed E-state index contributed by atoms with van der Waals surface area (Å²) < 4.78 is 22.7. The number of likely N-dealkylation sites (N-methyl/N-ethyl adjacent to an activating group) is 1. The molecule has 0 heterocycles. The maximum Gasteiger partial charge on any atom is 0.175 e. The number of halogens is 1. The van der Waals surface area contributed by atoms with Crippen LogP contribution in [-0.2, 0) is 9.84 Å². The zero-order chi connectivity index (χ0) is 13.8. The SMILES string of the molecule is CC(c1ccc(S(C)(=O)=O)cc1)N(C)C/C=C/Cl. The molecule has 0 N–H and O–H groups in total. The second kappa shape index (κ2) is 6.36. The van der Waals surface area contributed by atoms with Crippen LogP contribution in [0.25, 0.3) is 0 Å². The molecule has 0 amide bonds. The Balaban J connectivity index is 2.85. The molecular formula is C13H18ClNO2S. The third-order valence-electron chi connectivity index (χ3n) is 2.93. The Morgan fingerprint density at radius 3 is 2.33 bits per heavy atom. The molecule has 0 aliphatic heterocycles. The van der Waals surface area contributed by atoms with Crippen LogP contribution in [0, 0.1) is 0 Å². The average molecular weight is 288 g/mol. The van der Waals surface area contributed by atoms with Crippen LogP contribution in [0.3, 0.4) is 0 Å². The number of nitrogens with zero attached hydrogens (tertiary/aromatic N) is 1. The number of hydrogen-bond acceptors (Lipinski definition) is 3. The third-order valence-corrected chi connectivity index (χ3v) is 4.24. The van der Waals surface area contributed by atoms with E-state index in [2.05, 4.69) is 11.8 Å². The van der Waals surface area contributed by atoms with Crippen LogP contribution in [0.15, 0.2) is 40.8 Å². The van der Waals surface area contributed by atoms with Gasteiger partial charge in [0.15, 0.2) is 9.84 Å². The fourth-order valence-electron chi connectivity index (χ4n) is 1.61. The Hall–Kier alpha value is -0.840. The summed E-state index contributed by atoms with van der Waals surface area (Å²) in [5, 5.41) is 0. The van der Waals surface area contributed by atoms with Gasteiger partial charge in [0.05, 0.1) is 4.90 Å². The first-order chi connectivity index (χ1) is 8.36. The van der Waals surface area contributed by atoms with Gasteiger partial charge in [0, 0.05) is 24.4 Å². The van der Waals surface area contributed by atoms with Crippen LogP contribution in [0.2, 0.25) is 0 Å². The highest BCUT2D eigenvalue weighted by atomic mass is 35.5. The highest BCUT2D eigenvalue weighted by Gasteiger charge is 2.12. The topological polar surface area (TPSA) is 37.4 Å². The van der Waals surface area contributed by atoms with Gasteiger partial charge >= 0.3 is 0 Å². The van der Waals surface area contributed by atoms with E-state index >= 15 is 0 Å². The molecule has 0 aliphatic rings. The van der Waals surface area contributed by atoms with Gasteiger partial charge in [-0.2, -0.15) is 0 Å². The Morgan fingerprint density at radius 1 is 1.33 bits per heavy atom. The maximum atomic E-state index is 11.4. The molecule has 1 atom stereocenters.